The lowest BCUT2D eigenvalue weighted by Gasteiger charge is -2.13. The van der Waals surface area contributed by atoms with Crippen LogP contribution in [0.5, 0.6) is 0 Å². The summed E-state index contributed by atoms with van der Waals surface area (Å²) in [5.74, 6) is 2.84. The molecule has 6 nitrogen and oxygen atoms in total. The summed E-state index contributed by atoms with van der Waals surface area (Å²) in [4.78, 5) is 19.8. The molecule has 4 aromatic heterocycles. The number of benzene rings is 8. The van der Waals surface area contributed by atoms with Crippen LogP contribution in [0.3, 0.4) is 0 Å². The van der Waals surface area contributed by atoms with Crippen molar-refractivity contribution in [2.24, 2.45) is 0 Å². The first-order valence-corrected chi connectivity index (χ1v) is 18.8. The van der Waals surface area contributed by atoms with Crippen LogP contribution in [0, 0.1) is 0 Å². The van der Waals surface area contributed by atoms with Crippen LogP contribution in [0.4, 0.5) is 0 Å². The molecule has 0 unspecified atom stereocenters. The molecule has 12 rings (SSSR count). The zero-order valence-corrected chi connectivity index (χ0v) is 30.0. The largest absolute Gasteiger partial charge is 0.307 e. The van der Waals surface area contributed by atoms with Crippen molar-refractivity contribution in [3.8, 4) is 45.7 Å². The minimum atomic E-state index is 0.641. The molecule has 8 aromatic carbocycles. The summed E-state index contributed by atoms with van der Waals surface area (Å²) in [6, 6.07) is 61.8. The van der Waals surface area contributed by atoms with E-state index in [1.807, 2.05) is 72.9 Å². The van der Waals surface area contributed by atoms with E-state index in [1.54, 1.807) is 0 Å². The topological polar surface area (TPSA) is 61.4 Å². The van der Waals surface area contributed by atoms with E-state index >= 15 is 0 Å². The first-order chi connectivity index (χ1) is 27.8. The van der Waals surface area contributed by atoms with Crippen LogP contribution in [-0.4, -0.2) is 29.1 Å². The lowest BCUT2D eigenvalue weighted by atomic mass is 10.00. The zero-order chi connectivity index (χ0) is 36.7. The molecule has 0 bridgehead atoms. The normalized spacial score (nSPS) is 11.9. The van der Waals surface area contributed by atoms with Crippen molar-refractivity contribution in [2.75, 3.05) is 0 Å². The van der Waals surface area contributed by atoms with Crippen LogP contribution < -0.4 is 0 Å². The number of rotatable bonds is 5. The maximum atomic E-state index is 5.00. The van der Waals surface area contributed by atoms with Crippen molar-refractivity contribution < 1.29 is 0 Å². The highest BCUT2D eigenvalue weighted by atomic mass is 15.1. The van der Waals surface area contributed by atoms with E-state index in [9.17, 15) is 0 Å². The van der Waals surface area contributed by atoms with Gasteiger partial charge in [-0.1, -0.05) is 127 Å². The summed E-state index contributed by atoms with van der Waals surface area (Å²) in [6.07, 6.45) is 1.88. The molecule has 0 aliphatic heterocycles. The molecule has 0 amide bonds. The second kappa shape index (κ2) is 11.9. The molecular weight excluding hydrogens is 685 g/mol. The van der Waals surface area contributed by atoms with E-state index < -0.39 is 0 Å². The van der Waals surface area contributed by atoms with Crippen molar-refractivity contribution in [1.82, 2.24) is 29.1 Å². The SMILES string of the molecule is c1ccc(-c2nc(-c3ccccc3)nc(-c3ccc4cc(-n5c6cccc7ccc8cc9c%10ccccc%10n(-c%10ccccn%10)c9c5c8c76)ccc4c3)n2)cc1. The van der Waals surface area contributed by atoms with Crippen molar-refractivity contribution in [3.63, 3.8) is 0 Å². The number of fused-ring (bicyclic) bond motifs is 5. The van der Waals surface area contributed by atoms with Gasteiger partial charge in [-0.2, -0.15) is 0 Å². The van der Waals surface area contributed by atoms with Gasteiger partial charge in [0.2, 0.25) is 0 Å². The fourth-order valence-corrected chi connectivity index (χ4v) is 8.64. The fourth-order valence-electron chi connectivity index (χ4n) is 8.64. The quantitative estimate of drug-likeness (QED) is 0.167. The lowest BCUT2D eigenvalue weighted by molar-refractivity contribution is 1.07. The van der Waals surface area contributed by atoms with Gasteiger partial charge in [-0.3, -0.25) is 4.57 Å². The number of nitrogens with zero attached hydrogens (tertiary/aromatic N) is 6. The predicted octanol–water partition coefficient (Wildman–Crippen LogP) is 12.2. The van der Waals surface area contributed by atoms with Crippen molar-refractivity contribution in [2.45, 2.75) is 0 Å². The minimum absolute atomic E-state index is 0.641. The van der Waals surface area contributed by atoms with Gasteiger partial charge in [0.05, 0.1) is 22.1 Å². The number of pyridine rings is 1. The van der Waals surface area contributed by atoms with E-state index in [4.69, 9.17) is 19.9 Å². The standard InChI is InChI=1S/C50H30N6/c1-3-12-32(13-4-1)48-52-49(33-14-5-2-6-15-33)54-50(53-48)37-24-22-35-29-38(26-25-34(35)28-37)55-42-19-11-16-31-21-23-36-30-40-39-17-7-8-18-41(39)56(43-20-9-10-27-51-43)46(40)47(55)45(36)44(31)42/h1-30H. The highest BCUT2D eigenvalue weighted by Gasteiger charge is 2.24. The second-order valence-electron chi connectivity index (χ2n) is 14.3. The van der Waals surface area contributed by atoms with Crippen LogP contribution in [0.15, 0.2) is 182 Å². The zero-order valence-electron chi connectivity index (χ0n) is 30.0. The highest BCUT2D eigenvalue weighted by molar-refractivity contribution is 6.32. The van der Waals surface area contributed by atoms with Gasteiger partial charge in [0.25, 0.3) is 0 Å². The molecule has 56 heavy (non-hydrogen) atoms. The Balaban J connectivity index is 1.09. The summed E-state index contributed by atoms with van der Waals surface area (Å²) in [7, 11) is 0. The van der Waals surface area contributed by atoms with Gasteiger partial charge in [0.15, 0.2) is 17.5 Å². The predicted molar refractivity (Wildman–Crippen MR) is 229 cm³/mol. The van der Waals surface area contributed by atoms with Crippen LogP contribution in [0.1, 0.15) is 0 Å². The molecule has 0 atom stereocenters. The van der Waals surface area contributed by atoms with Gasteiger partial charge in [-0.15, -0.1) is 0 Å². The van der Waals surface area contributed by atoms with E-state index in [2.05, 4.69) is 118 Å². The van der Waals surface area contributed by atoms with Crippen LogP contribution in [0.25, 0.3) is 111 Å². The monoisotopic (exact) mass is 714 g/mol. The third kappa shape index (κ3) is 4.56. The molecule has 0 aliphatic carbocycles. The lowest BCUT2D eigenvalue weighted by Crippen LogP contribution is -2.00. The third-order valence-electron chi connectivity index (χ3n) is 11.1. The molecule has 0 saturated carbocycles. The Labute approximate surface area is 321 Å². The average molecular weight is 715 g/mol. The maximum absolute atomic E-state index is 5.00. The Hall–Kier alpha value is -7.70. The van der Waals surface area contributed by atoms with Crippen LogP contribution in [-0.2, 0) is 0 Å². The Morgan fingerprint density at radius 2 is 1.00 bits per heavy atom. The molecular formula is C50H30N6. The number of para-hydroxylation sites is 1. The molecule has 12 aromatic rings. The number of hydrogen-bond donors (Lipinski definition) is 0. The van der Waals surface area contributed by atoms with Crippen LogP contribution >= 0.6 is 0 Å². The molecule has 0 radical (unpaired) electrons. The van der Waals surface area contributed by atoms with Gasteiger partial charge >= 0.3 is 0 Å². The van der Waals surface area contributed by atoms with Gasteiger partial charge in [-0.05, 0) is 70.1 Å². The third-order valence-corrected chi connectivity index (χ3v) is 11.1. The van der Waals surface area contributed by atoms with E-state index in [1.165, 1.54) is 43.4 Å². The molecule has 0 N–H and O–H groups in total. The Morgan fingerprint density at radius 1 is 0.357 bits per heavy atom. The maximum Gasteiger partial charge on any atom is 0.164 e. The first kappa shape index (κ1) is 30.7. The summed E-state index contributed by atoms with van der Waals surface area (Å²) >= 11 is 0. The van der Waals surface area contributed by atoms with Crippen molar-refractivity contribution in [3.05, 3.63) is 182 Å². The minimum Gasteiger partial charge on any atom is -0.307 e. The molecule has 0 fully saturated rings. The smallest absolute Gasteiger partial charge is 0.164 e. The van der Waals surface area contributed by atoms with E-state index in [0.717, 1.165) is 50.0 Å². The number of hydrogen-bond acceptors (Lipinski definition) is 4. The van der Waals surface area contributed by atoms with Gasteiger partial charge in [0, 0.05) is 50.1 Å². The Morgan fingerprint density at radius 3 is 1.77 bits per heavy atom. The summed E-state index contributed by atoms with van der Waals surface area (Å²) < 4.78 is 4.80. The molecule has 0 saturated heterocycles. The van der Waals surface area contributed by atoms with Crippen molar-refractivity contribution >= 4 is 65.2 Å². The Kier molecular flexibility index (Phi) is 6.53. The van der Waals surface area contributed by atoms with E-state index in [-0.39, 0.29) is 0 Å². The number of aromatic nitrogens is 6. The second-order valence-corrected chi connectivity index (χ2v) is 14.3. The van der Waals surface area contributed by atoms with Gasteiger partial charge in [-0.25, -0.2) is 19.9 Å². The van der Waals surface area contributed by atoms with Gasteiger partial charge < -0.3 is 4.57 Å². The average Bonchev–Trinajstić information content (AvgIpc) is 3.80. The summed E-state index contributed by atoms with van der Waals surface area (Å²) in [6.45, 7) is 0. The summed E-state index contributed by atoms with van der Waals surface area (Å²) in [5.41, 5.74) is 8.57. The first-order valence-electron chi connectivity index (χ1n) is 18.8. The Bertz CT molecular complexity index is 3400. The van der Waals surface area contributed by atoms with Crippen molar-refractivity contribution in [1.29, 1.82) is 0 Å². The molecule has 0 spiro atoms. The molecule has 4 heterocycles. The molecule has 6 heteroatoms. The highest BCUT2D eigenvalue weighted by Crippen LogP contribution is 2.46. The molecule has 260 valence electrons. The van der Waals surface area contributed by atoms with Gasteiger partial charge in [0.1, 0.15) is 5.82 Å². The van der Waals surface area contributed by atoms with E-state index in [0.29, 0.717) is 17.5 Å². The van der Waals surface area contributed by atoms with Crippen LogP contribution in [0.2, 0.25) is 0 Å². The fraction of sp³-hybridized carbons (Fsp3) is 0. The summed E-state index contributed by atoms with van der Waals surface area (Å²) in [5, 5.41) is 9.64. The molecule has 0 aliphatic rings.